The molecule has 0 aromatic carbocycles. The largest absolute Gasteiger partial charge is 0.481 e. The van der Waals surface area contributed by atoms with Gasteiger partial charge in [0.15, 0.2) is 9.84 Å². The standard InChI is InChI=1S/C9H15NO5S2/c1-10(7-2-3-17(14,15)6-7)8(11)4-16-5-9(12)13/h7H,2-6H2,1H3,(H,12,13). The van der Waals surface area contributed by atoms with Gasteiger partial charge in [0, 0.05) is 13.1 Å². The molecule has 0 radical (unpaired) electrons. The minimum absolute atomic E-state index is 0.0127. The minimum Gasteiger partial charge on any atom is -0.481 e. The smallest absolute Gasteiger partial charge is 0.313 e. The number of thioether (sulfide) groups is 1. The number of aliphatic carboxylic acids is 1. The van der Waals surface area contributed by atoms with Crippen molar-refractivity contribution in [3.8, 4) is 0 Å². The predicted octanol–water partition coefficient (Wildman–Crippen LogP) is -0.550. The first-order chi connectivity index (χ1) is 7.82. The third kappa shape index (κ3) is 4.55. The zero-order valence-electron chi connectivity index (χ0n) is 9.46. The summed E-state index contributed by atoms with van der Waals surface area (Å²) in [6, 6.07) is -0.266. The van der Waals surface area contributed by atoms with Gasteiger partial charge in [0.25, 0.3) is 0 Å². The number of carbonyl (C=O) groups is 2. The van der Waals surface area contributed by atoms with E-state index in [0.717, 1.165) is 11.8 Å². The Morgan fingerprint density at radius 3 is 2.53 bits per heavy atom. The van der Waals surface area contributed by atoms with Gasteiger partial charge in [-0.2, -0.15) is 0 Å². The van der Waals surface area contributed by atoms with Crippen LogP contribution in [-0.4, -0.2) is 66.4 Å². The number of carboxylic acids is 1. The van der Waals surface area contributed by atoms with Crippen molar-refractivity contribution in [2.45, 2.75) is 12.5 Å². The fourth-order valence-corrected chi connectivity index (χ4v) is 4.04. The highest BCUT2D eigenvalue weighted by atomic mass is 32.2. The number of hydrogen-bond donors (Lipinski definition) is 1. The molecule has 1 fully saturated rings. The summed E-state index contributed by atoms with van der Waals surface area (Å²) < 4.78 is 22.5. The average molecular weight is 281 g/mol. The third-order valence-electron chi connectivity index (χ3n) is 2.60. The van der Waals surface area contributed by atoms with Gasteiger partial charge in [-0.25, -0.2) is 8.42 Å². The van der Waals surface area contributed by atoms with Crippen molar-refractivity contribution in [2.75, 3.05) is 30.1 Å². The zero-order chi connectivity index (χ0) is 13.1. The van der Waals surface area contributed by atoms with Crippen LogP contribution in [0.4, 0.5) is 0 Å². The topological polar surface area (TPSA) is 91.8 Å². The molecule has 6 nitrogen and oxygen atoms in total. The molecule has 1 aliphatic heterocycles. The molecule has 0 aliphatic carbocycles. The highest BCUT2D eigenvalue weighted by Crippen LogP contribution is 2.17. The first-order valence-corrected chi connectivity index (χ1v) is 8.05. The maximum Gasteiger partial charge on any atom is 0.313 e. The third-order valence-corrected chi connectivity index (χ3v) is 5.25. The molecule has 0 bridgehead atoms. The van der Waals surface area contributed by atoms with Crippen molar-refractivity contribution in [2.24, 2.45) is 0 Å². The van der Waals surface area contributed by atoms with Crippen molar-refractivity contribution in [3.05, 3.63) is 0 Å². The van der Waals surface area contributed by atoms with Gasteiger partial charge < -0.3 is 10.0 Å². The Labute approximate surface area is 104 Å². The second kappa shape index (κ2) is 5.72. The average Bonchev–Trinajstić information content (AvgIpc) is 2.57. The molecular weight excluding hydrogens is 266 g/mol. The van der Waals surface area contributed by atoms with Crippen LogP contribution in [0.1, 0.15) is 6.42 Å². The summed E-state index contributed by atoms with van der Waals surface area (Å²) in [4.78, 5) is 23.3. The summed E-state index contributed by atoms with van der Waals surface area (Å²) in [5, 5.41) is 8.42. The molecule has 1 rings (SSSR count). The van der Waals surface area contributed by atoms with Gasteiger partial charge >= 0.3 is 5.97 Å². The second-order valence-corrected chi connectivity index (χ2v) is 7.16. The van der Waals surface area contributed by atoms with Crippen LogP contribution in [0.3, 0.4) is 0 Å². The van der Waals surface area contributed by atoms with E-state index >= 15 is 0 Å². The molecular formula is C9H15NO5S2. The van der Waals surface area contributed by atoms with E-state index in [1.165, 1.54) is 4.90 Å². The number of carboxylic acid groups (broad SMARTS) is 1. The van der Waals surface area contributed by atoms with E-state index in [9.17, 15) is 18.0 Å². The second-order valence-electron chi connectivity index (χ2n) is 3.95. The van der Waals surface area contributed by atoms with Gasteiger partial charge in [0.1, 0.15) is 0 Å². The fraction of sp³-hybridized carbons (Fsp3) is 0.778. The molecule has 0 aromatic heterocycles. The molecule has 1 saturated heterocycles. The molecule has 1 heterocycles. The molecule has 0 saturated carbocycles. The summed E-state index contributed by atoms with van der Waals surface area (Å²) in [7, 11) is -1.44. The van der Waals surface area contributed by atoms with Crippen molar-refractivity contribution in [1.82, 2.24) is 4.90 Å². The van der Waals surface area contributed by atoms with E-state index in [-0.39, 0.29) is 35.0 Å². The van der Waals surface area contributed by atoms with Crippen LogP contribution >= 0.6 is 11.8 Å². The lowest BCUT2D eigenvalue weighted by Crippen LogP contribution is -2.39. The Morgan fingerprint density at radius 2 is 2.06 bits per heavy atom. The van der Waals surface area contributed by atoms with Crippen molar-refractivity contribution in [1.29, 1.82) is 0 Å². The molecule has 1 amide bonds. The van der Waals surface area contributed by atoms with Crippen LogP contribution in [-0.2, 0) is 19.4 Å². The Bertz CT molecular complexity index is 406. The van der Waals surface area contributed by atoms with Gasteiger partial charge in [0.2, 0.25) is 5.91 Å². The number of amides is 1. The Balaban J connectivity index is 2.40. The first kappa shape index (κ1) is 14.3. The van der Waals surface area contributed by atoms with Crippen molar-refractivity contribution in [3.63, 3.8) is 0 Å². The molecule has 98 valence electrons. The van der Waals surface area contributed by atoms with Crippen LogP contribution < -0.4 is 0 Å². The van der Waals surface area contributed by atoms with Crippen LogP contribution in [0.2, 0.25) is 0 Å². The summed E-state index contributed by atoms with van der Waals surface area (Å²) >= 11 is 1.02. The van der Waals surface area contributed by atoms with E-state index in [0.29, 0.717) is 6.42 Å². The fourth-order valence-electron chi connectivity index (χ4n) is 1.61. The molecule has 1 atom stereocenters. The van der Waals surface area contributed by atoms with Crippen LogP contribution in [0.25, 0.3) is 0 Å². The lowest BCUT2D eigenvalue weighted by molar-refractivity contribution is -0.133. The Hall–Kier alpha value is -0.760. The van der Waals surface area contributed by atoms with Gasteiger partial charge in [-0.05, 0) is 6.42 Å². The highest BCUT2D eigenvalue weighted by molar-refractivity contribution is 8.00. The minimum atomic E-state index is -3.00. The number of sulfone groups is 1. The number of rotatable bonds is 5. The Morgan fingerprint density at radius 1 is 1.41 bits per heavy atom. The quantitative estimate of drug-likeness (QED) is 0.727. The van der Waals surface area contributed by atoms with Gasteiger partial charge in [-0.15, -0.1) is 11.8 Å². The molecule has 17 heavy (non-hydrogen) atoms. The highest BCUT2D eigenvalue weighted by Gasteiger charge is 2.32. The molecule has 1 unspecified atom stereocenters. The molecule has 0 spiro atoms. The van der Waals surface area contributed by atoms with Gasteiger partial charge in [-0.1, -0.05) is 0 Å². The van der Waals surface area contributed by atoms with Gasteiger partial charge in [0.05, 0.1) is 23.0 Å². The summed E-state index contributed by atoms with van der Waals surface area (Å²) in [6.45, 7) is 0. The normalized spacial score (nSPS) is 22.3. The lowest BCUT2D eigenvalue weighted by Gasteiger charge is -2.23. The van der Waals surface area contributed by atoms with Gasteiger partial charge in [-0.3, -0.25) is 9.59 Å². The zero-order valence-corrected chi connectivity index (χ0v) is 11.1. The summed E-state index contributed by atoms with van der Waals surface area (Å²) in [5.74, 6) is -1.11. The lowest BCUT2D eigenvalue weighted by atomic mass is 10.2. The van der Waals surface area contributed by atoms with E-state index < -0.39 is 15.8 Å². The van der Waals surface area contributed by atoms with Crippen LogP contribution in [0.15, 0.2) is 0 Å². The summed E-state index contributed by atoms with van der Waals surface area (Å²) in [6.07, 6.45) is 0.466. The molecule has 0 aromatic rings. The van der Waals surface area contributed by atoms with E-state index in [4.69, 9.17) is 5.11 Å². The van der Waals surface area contributed by atoms with E-state index in [1.807, 2.05) is 0 Å². The first-order valence-electron chi connectivity index (χ1n) is 5.07. The molecule has 1 N–H and O–H groups in total. The van der Waals surface area contributed by atoms with E-state index in [2.05, 4.69) is 0 Å². The van der Waals surface area contributed by atoms with Crippen molar-refractivity contribution < 1.29 is 23.1 Å². The van der Waals surface area contributed by atoms with Crippen LogP contribution in [0, 0.1) is 0 Å². The van der Waals surface area contributed by atoms with Crippen molar-refractivity contribution >= 4 is 33.5 Å². The Kier molecular flexibility index (Phi) is 4.81. The maximum absolute atomic E-state index is 11.6. The number of nitrogens with zero attached hydrogens (tertiary/aromatic N) is 1. The van der Waals surface area contributed by atoms with Crippen LogP contribution in [0.5, 0.6) is 0 Å². The molecule has 8 heteroatoms. The van der Waals surface area contributed by atoms with E-state index in [1.54, 1.807) is 7.05 Å². The monoisotopic (exact) mass is 281 g/mol. The predicted molar refractivity (Wildman–Crippen MR) is 64.8 cm³/mol. The SMILES string of the molecule is CN(C(=O)CSCC(=O)O)C1CCS(=O)(=O)C1. The molecule has 1 aliphatic rings. The number of hydrogen-bond acceptors (Lipinski definition) is 5. The maximum atomic E-state index is 11.6. The number of carbonyl (C=O) groups excluding carboxylic acids is 1. The summed E-state index contributed by atoms with van der Waals surface area (Å²) in [5.41, 5.74) is 0.